The largest absolute Gasteiger partial charge is 0.494 e. The smallest absolute Gasteiger partial charge is 0.229 e. The summed E-state index contributed by atoms with van der Waals surface area (Å²) in [5.41, 5.74) is 1.82. The molecule has 3 aromatic rings. The Balaban J connectivity index is 1.51. The first-order valence-electron chi connectivity index (χ1n) is 7.66. The highest BCUT2D eigenvalue weighted by Crippen LogP contribution is 2.50. The fourth-order valence-corrected chi connectivity index (χ4v) is 4.11. The van der Waals surface area contributed by atoms with Crippen LogP contribution in [-0.2, 0) is 4.79 Å². The Kier molecular flexibility index (Phi) is 3.90. The highest BCUT2D eigenvalue weighted by atomic mass is 35.5. The minimum atomic E-state index is -0.0428. The number of nitrogens with zero attached hydrogens (tertiary/aromatic N) is 1. The fraction of sp³-hybridized carbons (Fsp3) is 0.222. The van der Waals surface area contributed by atoms with Crippen molar-refractivity contribution in [2.75, 3.05) is 12.4 Å². The molecular weight excluding hydrogens is 344 g/mol. The maximum atomic E-state index is 12.5. The molecule has 6 heteroatoms. The number of para-hydroxylation sites is 1. The third-order valence-corrected chi connectivity index (χ3v) is 5.54. The van der Waals surface area contributed by atoms with Gasteiger partial charge in [-0.2, -0.15) is 0 Å². The van der Waals surface area contributed by atoms with Crippen molar-refractivity contribution in [3.05, 3.63) is 53.1 Å². The Morgan fingerprint density at radius 3 is 2.92 bits per heavy atom. The molecule has 4 rings (SSSR count). The molecule has 1 saturated carbocycles. The summed E-state index contributed by atoms with van der Waals surface area (Å²) in [4.78, 5) is 17.0. The van der Waals surface area contributed by atoms with Crippen LogP contribution in [0.25, 0.3) is 10.2 Å². The van der Waals surface area contributed by atoms with Crippen molar-refractivity contribution in [2.45, 2.75) is 12.3 Å². The summed E-state index contributed by atoms with van der Waals surface area (Å²) in [6, 6.07) is 13.5. The number of amides is 1. The van der Waals surface area contributed by atoms with Crippen LogP contribution in [0.3, 0.4) is 0 Å². The monoisotopic (exact) mass is 358 g/mol. The molecule has 2 unspecified atom stereocenters. The van der Waals surface area contributed by atoms with Crippen molar-refractivity contribution in [1.29, 1.82) is 0 Å². The van der Waals surface area contributed by atoms with E-state index >= 15 is 0 Å². The lowest BCUT2D eigenvalue weighted by Gasteiger charge is -2.03. The average molecular weight is 359 g/mol. The van der Waals surface area contributed by atoms with Crippen LogP contribution in [0.2, 0.25) is 5.02 Å². The van der Waals surface area contributed by atoms with Crippen LogP contribution < -0.4 is 10.1 Å². The lowest BCUT2D eigenvalue weighted by molar-refractivity contribution is -0.117. The van der Waals surface area contributed by atoms with Gasteiger partial charge in [0.05, 0.1) is 11.8 Å². The number of fused-ring (bicyclic) bond motifs is 1. The molecule has 0 spiro atoms. The molecule has 2 atom stereocenters. The molecule has 0 saturated heterocycles. The highest BCUT2D eigenvalue weighted by Gasteiger charge is 2.45. The number of carbonyl (C=O) groups is 1. The fourth-order valence-electron chi connectivity index (χ4n) is 2.94. The van der Waals surface area contributed by atoms with Gasteiger partial charge in [0.15, 0.2) is 5.13 Å². The number of carbonyl (C=O) groups excluding carboxylic acids is 1. The topological polar surface area (TPSA) is 51.2 Å². The second-order valence-corrected chi connectivity index (χ2v) is 7.22. The van der Waals surface area contributed by atoms with Crippen molar-refractivity contribution < 1.29 is 9.53 Å². The highest BCUT2D eigenvalue weighted by molar-refractivity contribution is 7.22. The minimum absolute atomic E-state index is 0.00190. The second-order valence-electron chi connectivity index (χ2n) is 5.79. The number of halogens is 1. The molecule has 1 heterocycles. The summed E-state index contributed by atoms with van der Waals surface area (Å²) in [5, 5.41) is 4.26. The van der Waals surface area contributed by atoms with Gasteiger partial charge in [-0.1, -0.05) is 47.2 Å². The van der Waals surface area contributed by atoms with Gasteiger partial charge in [0.2, 0.25) is 5.91 Å². The normalized spacial score (nSPS) is 19.2. The number of hydrogen-bond acceptors (Lipinski definition) is 4. The molecule has 1 N–H and O–H groups in total. The van der Waals surface area contributed by atoms with Gasteiger partial charge in [0, 0.05) is 10.9 Å². The predicted molar refractivity (Wildman–Crippen MR) is 97.1 cm³/mol. The summed E-state index contributed by atoms with van der Waals surface area (Å²) in [7, 11) is 1.62. The molecular formula is C18H15ClN2O2S. The summed E-state index contributed by atoms with van der Waals surface area (Å²) in [5.74, 6) is 0.865. The molecule has 0 radical (unpaired) electrons. The number of anilines is 1. The third kappa shape index (κ3) is 2.74. The first-order valence-corrected chi connectivity index (χ1v) is 8.85. The number of methoxy groups -OCH3 is 1. The number of thiazole rings is 1. The molecule has 24 heavy (non-hydrogen) atoms. The van der Waals surface area contributed by atoms with E-state index in [1.807, 2.05) is 42.5 Å². The van der Waals surface area contributed by atoms with Crippen molar-refractivity contribution in [1.82, 2.24) is 4.98 Å². The van der Waals surface area contributed by atoms with Crippen LogP contribution in [0.1, 0.15) is 17.9 Å². The van der Waals surface area contributed by atoms with E-state index in [2.05, 4.69) is 10.3 Å². The number of hydrogen-bond donors (Lipinski definition) is 1. The van der Waals surface area contributed by atoms with Crippen LogP contribution in [0.5, 0.6) is 5.75 Å². The van der Waals surface area contributed by atoms with E-state index in [0.29, 0.717) is 10.9 Å². The van der Waals surface area contributed by atoms with E-state index in [1.54, 1.807) is 7.11 Å². The number of nitrogens with one attached hydrogen (secondary N) is 1. The summed E-state index contributed by atoms with van der Waals surface area (Å²) < 4.78 is 6.30. The van der Waals surface area contributed by atoms with Crippen molar-refractivity contribution in [2.24, 2.45) is 5.92 Å². The predicted octanol–water partition coefficient (Wildman–Crippen LogP) is 4.70. The van der Waals surface area contributed by atoms with E-state index in [4.69, 9.17) is 16.3 Å². The molecule has 1 aromatic heterocycles. The van der Waals surface area contributed by atoms with Crippen LogP contribution in [0, 0.1) is 5.92 Å². The zero-order valence-electron chi connectivity index (χ0n) is 13.0. The first kappa shape index (κ1) is 15.4. The van der Waals surface area contributed by atoms with Gasteiger partial charge in [-0.05, 0) is 36.1 Å². The van der Waals surface area contributed by atoms with Crippen molar-refractivity contribution >= 4 is 44.2 Å². The molecule has 4 nitrogen and oxygen atoms in total. The molecule has 2 aromatic carbocycles. The van der Waals surface area contributed by atoms with E-state index in [9.17, 15) is 4.79 Å². The molecule has 122 valence electrons. The number of aromatic nitrogens is 1. The molecule has 1 fully saturated rings. The van der Waals surface area contributed by atoms with Crippen LogP contribution in [0.15, 0.2) is 42.5 Å². The van der Waals surface area contributed by atoms with Gasteiger partial charge in [-0.15, -0.1) is 0 Å². The van der Waals surface area contributed by atoms with E-state index in [-0.39, 0.29) is 17.7 Å². The first-order chi connectivity index (χ1) is 11.7. The molecule has 0 aliphatic heterocycles. The van der Waals surface area contributed by atoms with Gasteiger partial charge in [0.1, 0.15) is 11.3 Å². The lowest BCUT2D eigenvalue weighted by Crippen LogP contribution is -2.14. The number of benzene rings is 2. The number of rotatable bonds is 4. The van der Waals surface area contributed by atoms with Gasteiger partial charge in [-0.25, -0.2) is 4.98 Å². The standard InChI is InChI=1S/C18H15ClN2O2S/c1-23-14-7-4-8-15-16(14)20-18(24-15)21-17(22)12-9-11(12)10-5-2-3-6-13(10)19/h2-8,11-12H,9H2,1H3,(H,20,21,22). The Morgan fingerprint density at radius 1 is 1.29 bits per heavy atom. The summed E-state index contributed by atoms with van der Waals surface area (Å²) >= 11 is 7.67. The maximum absolute atomic E-state index is 12.5. The SMILES string of the molecule is COc1cccc2sc(NC(=O)C3CC3c3ccccc3Cl)nc12. The lowest BCUT2D eigenvalue weighted by atomic mass is 10.1. The van der Waals surface area contributed by atoms with Crippen molar-refractivity contribution in [3.63, 3.8) is 0 Å². The Hall–Kier alpha value is -2.11. The zero-order chi connectivity index (χ0) is 16.7. The van der Waals surface area contributed by atoms with Gasteiger partial charge in [0.25, 0.3) is 0 Å². The summed E-state index contributed by atoms with van der Waals surface area (Å²) in [6.07, 6.45) is 0.823. The zero-order valence-corrected chi connectivity index (χ0v) is 14.5. The third-order valence-electron chi connectivity index (χ3n) is 4.26. The molecule has 1 amide bonds. The van der Waals surface area contributed by atoms with Gasteiger partial charge < -0.3 is 10.1 Å². The van der Waals surface area contributed by atoms with E-state index < -0.39 is 0 Å². The van der Waals surface area contributed by atoms with Crippen molar-refractivity contribution in [3.8, 4) is 5.75 Å². The molecule has 1 aliphatic rings. The van der Waals surface area contributed by atoms with Crippen LogP contribution >= 0.6 is 22.9 Å². The maximum Gasteiger partial charge on any atom is 0.229 e. The van der Waals surface area contributed by atoms with Gasteiger partial charge >= 0.3 is 0 Å². The average Bonchev–Trinajstić information content (AvgIpc) is 3.27. The summed E-state index contributed by atoms with van der Waals surface area (Å²) in [6.45, 7) is 0. The molecule has 1 aliphatic carbocycles. The van der Waals surface area contributed by atoms with E-state index in [1.165, 1.54) is 11.3 Å². The van der Waals surface area contributed by atoms with E-state index in [0.717, 1.165) is 27.2 Å². The van der Waals surface area contributed by atoms with Gasteiger partial charge in [-0.3, -0.25) is 4.79 Å². The Morgan fingerprint density at radius 2 is 2.12 bits per heavy atom. The Labute approximate surface area is 148 Å². The minimum Gasteiger partial charge on any atom is -0.494 e. The molecule has 0 bridgehead atoms. The number of ether oxygens (including phenoxy) is 1. The second kappa shape index (κ2) is 6.07. The van der Waals surface area contributed by atoms with Crippen LogP contribution in [0.4, 0.5) is 5.13 Å². The Bertz CT molecular complexity index is 924. The van der Waals surface area contributed by atoms with Crippen LogP contribution in [-0.4, -0.2) is 18.0 Å². The quantitative estimate of drug-likeness (QED) is 0.735.